The maximum absolute atomic E-state index is 13.4. The lowest BCUT2D eigenvalue weighted by Crippen LogP contribution is -2.35. The molecule has 2 aliphatic rings. The molecule has 0 N–H and O–H groups in total. The first-order valence-corrected chi connectivity index (χ1v) is 6.93. The fourth-order valence-corrected chi connectivity index (χ4v) is 3.39. The van der Waals surface area contributed by atoms with Gasteiger partial charge in [-0.1, -0.05) is 26.0 Å². The average molecular weight is 326 g/mol. The van der Waals surface area contributed by atoms with Crippen molar-refractivity contribution in [2.45, 2.75) is 20.4 Å². The number of carbonyl (C=O) groups excluding carboxylic acids is 2. The fourth-order valence-electron chi connectivity index (χ4n) is 3.00. The largest absolute Gasteiger partial charge is 0.278 e. The van der Waals surface area contributed by atoms with E-state index < -0.39 is 0 Å². The van der Waals surface area contributed by atoms with Crippen LogP contribution in [0.25, 0.3) is 0 Å². The van der Waals surface area contributed by atoms with Crippen LogP contribution in [0, 0.1) is 23.1 Å². The number of piperidine rings is 1. The first-order valence-electron chi connectivity index (χ1n) is 6.14. The molecule has 100 valence electrons. The maximum atomic E-state index is 13.4. The van der Waals surface area contributed by atoms with E-state index in [1.54, 1.807) is 12.1 Å². The molecular weight excluding hydrogens is 313 g/mol. The summed E-state index contributed by atoms with van der Waals surface area (Å²) < 4.78 is 13.7. The number of nitrogens with zero attached hydrogens (tertiary/aromatic N) is 1. The Balaban J connectivity index is 1.85. The van der Waals surface area contributed by atoms with Gasteiger partial charge in [-0.15, -0.1) is 0 Å². The van der Waals surface area contributed by atoms with Gasteiger partial charge in [0.2, 0.25) is 11.8 Å². The number of carbonyl (C=O) groups is 2. The third-order valence-corrected chi connectivity index (χ3v) is 5.14. The number of hydrogen-bond donors (Lipinski definition) is 0. The van der Waals surface area contributed by atoms with Crippen molar-refractivity contribution < 1.29 is 14.0 Å². The second kappa shape index (κ2) is 3.88. The van der Waals surface area contributed by atoms with Gasteiger partial charge in [-0.2, -0.15) is 0 Å². The molecule has 2 unspecified atom stereocenters. The number of likely N-dealkylation sites (tertiary alicyclic amines) is 1. The summed E-state index contributed by atoms with van der Waals surface area (Å²) >= 11 is 3.15. The van der Waals surface area contributed by atoms with Crippen LogP contribution in [0.2, 0.25) is 0 Å². The van der Waals surface area contributed by atoms with Gasteiger partial charge in [-0.25, -0.2) is 4.39 Å². The minimum Gasteiger partial charge on any atom is -0.278 e. The molecule has 0 aromatic heterocycles. The van der Waals surface area contributed by atoms with Gasteiger partial charge < -0.3 is 0 Å². The smallest absolute Gasteiger partial charge is 0.233 e. The van der Waals surface area contributed by atoms with Gasteiger partial charge in [0, 0.05) is 0 Å². The summed E-state index contributed by atoms with van der Waals surface area (Å²) in [5, 5.41) is 0. The molecule has 1 heterocycles. The Kier molecular flexibility index (Phi) is 2.61. The van der Waals surface area contributed by atoms with Crippen LogP contribution in [0.5, 0.6) is 0 Å². The number of imide groups is 1. The monoisotopic (exact) mass is 325 g/mol. The van der Waals surface area contributed by atoms with Gasteiger partial charge in [0.05, 0.1) is 22.9 Å². The van der Waals surface area contributed by atoms with E-state index in [4.69, 9.17) is 0 Å². The predicted octanol–water partition coefficient (Wildman–Crippen LogP) is 2.73. The molecule has 1 aliphatic heterocycles. The molecule has 2 fully saturated rings. The Hall–Kier alpha value is -1.23. The number of hydrogen-bond acceptors (Lipinski definition) is 2. The molecule has 1 aromatic rings. The Morgan fingerprint density at radius 3 is 2.42 bits per heavy atom. The molecule has 0 spiro atoms. The molecule has 1 saturated heterocycles. The third-order valence-electron chi connectivity index (χ3n) is 4.25. The molecule has 19 heavy (non-hydrogen) atoms. The van der Waals surface area contributed by atoms with Crippen LogP contribution < -0.4 is 0 Å². The standard InChI is InChI=1S/C14H13BrFNO2/c1-14(2)9-10(14)13(19)17(12(9)18)6-7-4-3-5-8(16)11(7)15/h3-5,9-10H,6H2,1-2H3. The molecule has 5 heteroatoms. The highest BCUT2D eigenvalue weighted by molar-refractivity contribution is 9.10. The van der Waals surface area contributed by atoms with E-state index in [1.165, 1.54) is 11.0 Å². The first-order chi connectivity index (χ1) is 8.85. The molecule has 0 bridgehead atoms. The molecular formula is C14H13BrFNO2. The molecule has 0 radical (unpaired) electrons. The summed E-state index contributed by atoms with van der Waals surface area (Å²) in [6.07, 6.45) is 0. The predicted molar refractivity (Wildman–Crippen MR) is 70.4 cm³/mol. The Labute approximate surface area is 118 Å². The number of benzene rings is 1. The van der Waals surface area contributed by atoms with E-state index in [0.29, 0.717) is 10.0 Å². The zero-order valence-corrected chi connectivity index (χ0v) is 12.2. The molecule has 2 amide bonds. The van der Waals surface area contributed by atoms with E-state index in [1.807, 2.05) is 13.8 Å². The lowest BCUT2D eigenvalue weighted by Gasteiger charge is -2.21. The highest BCUT2D eigenvalue weighted by Gasteiger charge is 2.72. The normalized spacial score (nSPS) is 27.7. The van der Waals surface area contributed by atoms with Crippen molar-refractivity contribution in [1.29, 1.82) is 0 Å². The number of fused-ring (bicyclic) bond motifs is 1. The van der Waals surface area contributed by atoms with E-state index in [-0.39, 0.29) is 41.4 Å². The van der Waals surface area contributed by atoms with E-state index in [0.717, 1.165) is 0 Å². The van der Waals surface area contributed by atoms with Crippen LogP contribution in [0.3, 0.4) is 0 Å². The molecule has 1 aliphatic carbocycles. The van der Waals surface area contributed by atoms with E-state index in [2.05, 4.69) is 15.9 Å². The summed E-state index contributed by atoms with van der Waals surface area (Å²) in [7, 11) is 0. The van der Waals surface area contributed by atoms with Gasteiger partial charge in [-0.05, 0) is 33.0 Å². The second-order valence-electron chi connectivity index (χ2n) is 5.75. The van der Waals surface area contributed by atoms with Crippen LogP contribution in [-0.4, -0.2) is 16.7 Å². The number of rotatable bonds is 2. The third kappa shape index (κ3) is 1.67. The molecule has 3 nitrogen and oxygen atoms in total. The summed E-state index contributed by atoms with van der Waals surface area (Å²) in [5.41, 5.74) is 0.407. The Bertz CT molecular complexity index is 575. The molecule has 2 atom stereocenters. The first kappa shape index (κ1) is 12.8. The van der Waals surface area contributed by atoms with Crippen molar-refractivity contribution in [3.8, 4) is 0 Å². The van der Waals surface area contributed by atoms with Crippen molar-refractivity contribution in [3.05, 3.63) is 34.1 Å². The van der Waals surface area contributed by atoms with Crippen LogP contribution in [0.15, 0.2) is 22.7 Å². The van der Waals surface area contributed by atoms with Crippen molar-refractivity contribution in [2.75, 3.05) is 0 Å². The lowest BCUT2D eigenvalue weighted by atomic mass is 10.1. The zero-order valence-electron chi connectivity index (χ0n) is 10.6. The lowest BCUT2D eigenvalue weighted by molar-refractivity contribution is -0.143. The summed E-state index contributed by atoms with van der Waals surface area (Å²) in [6.45, 7) is 4.01. The van der Waals surface area contributed by atoms with Crippen LogP contribution in [0.1, 0.15) is 19.4 Å². The SMILES string of the molecule is CC1(C)C2C(=O)N(Cc3cccc(F)c3Br)C(=O)C21. The number of amides is 2. The van der Waals surface area contributed by atoms with Crippen molar-refractivity contribution >= 4 is 27.7 Å². The van der Waals surface area contributed by atoms with Gasteiger partial charge in [0.25, 0.3) is 0 Å². The van der Waals surface area contributed by atoms with E-state index >= 15 is 0 Å². The fraction of sp³-hybridized carbons (Fsp3) is 0.429. The summed E-state index contributed by atoms with van der Waals surface area (Å²) in [6, 6.07) is 4.62. The van der Waals surface area contributed by atoms with Gasteiger partial charge in [0.15, 0.2) is 0 Å². The highest BCUT2D eigenvalue weighted by atomic mass is 79.9. The average Bonchev–Trinajstić information content (AvgIpc) is 2.81. The van der Waals surface area contributed by atoms with Crippen LogP contribution >= 0.6 is 15.9 Å². The quantitative estimate of drug-likeness (QED) is 0.784. The van der Waals surface area contributed by atoms with E-state index in [9.17, 15) is 14.0 Å². The molecule has 1 saturated carbocycles. The van der Waals surface area contributed by atoms with Gasteiger partial charge >= 0.3 is 0 Å². The summed E-state index contributed by atoms with van der Waals surface area (Å²) in [4.78, 5) is 25.6. The topological polar surface area (TPSA) is 37.4 Å². The maximum Gasteiger partial charge on any atom is 0.233 e. The van der Waals surface area contributed by atoms with Crippen molar-refractivity contribution in [3.63, 3.8) is 0 Å². The van der Waals surface area contributed by atoms with Gasteiger partial charge in [0.1, 0.15) is 5.82 Å². The molecule has 3 rings (SSSR count). The highest BCUT2D eigenvalue weighted by Crippen LogP contribution is 2.63. The van der Waals surface area contributed by atoms with Crippen molar-refractivity contribution in [1.82, 2.24) is 4.90 Å². The number of halogens is 2. The summed E-state index contributed by atoms with van der Waals surface area (Å²) in [5.74, 6) is -1.02. The van der Waals surface area contributed by atoms with Gasteiger partial charge in [-0.3, -0.25) is 14.5 Å². The van der Waals surface area contributed by atoms with Crippen LogP contribution in [0.4, 0.5) is 4.39 Å². The minimum atomic E-state index is -0.387. The van der Waals surface area contributed by atoms with Crippen molar-refractivity contribution in [2.24, 2.45) is 17.3 Å². The molecule has 1 aromatic carbocycles. The Morgan fingerprint density at radius 1 is 1.26 bits per heavy atom. The Morgan fingerprint density at radius 2 is 1.84 bits per heavy atom. The van der Waals surface area contributed by atoms with Crippen LogP contribution in [-0.2, 0) is 16.1 Å². The minimum absolute atomic E-state index is 0.129. The zero-order chi connectivity index (χ0) is 13.9. The second-order valence-corrected chi connectivity index (χ2v) is 6.55.